The first-order valence-electron chi connectivity index (χ1n) is 12.9. The van der Waals surface area contributed by atoms with Crippen molar-refractivity contribution in [3.63, 3.8) is 0 Å². The maximum absolute atomic E-state index is 13.3. The molecule has 0 bridgehead atoms. The molecule has 35 heavy (non-hydrogen) atoms. The number of carbonyl (C=O) groups is 1. The van der Waals surface area contributed by atoms with Crippen molar-refractivity contribution >= 4 is 12.0 Å². The number of hydrogen-bond acceptors (Lipinski definition) is 5. The number of likely N-dealkylation sites (tertiary alicyclic amines) is 1. The molecule has 2 aromatic carbocycles. The lowest BCUT2D eigenvalue weighted by molar-refractivity contribution is -0.135. The predicted octanol–water partition coefficient (Wildman–Crippen LogP) is 3.86. The molecule has 3 fully saturated rings. The van der Waals surface area contributed by atoms with Crippen molar-refractivity contribution in [2.75, 3.05) is 52.9 Å². The second-order valence-corrected chi connectivity index (χ2v) is 10.3. The number of amides is 1. The number of carbonyl (C=O) groups excluding carboxylic acids is 1. The molecule has 5 rings (SSSR count). The summed E-state index contributed by atoms with van der Waals surface area (Å²) in [4.78, 5) is 20.2. The van der Waals surface area contributed by atoms with Gasteiger partial charge in [-0.15, -0.1) is 0 Å². The fraction of sp³-hybridized carbons (Fsp3) is 0.483. The zero-order chi connectivity index (χ0) is 24.3. The number of benzene rings is 2. The summed E-state index contributed by atoms with van der Waals surface area (Å²) in [6.07, 6.45) is 7.56. The molecule has 1 N–H and O–H groups in total. The molecule has 186 valence electrons. The zero-order valence-electron chi connectivity index (χ0n) is 20.7. The summed E-state index contributed by atoms with van der Waals surface area (Å²) in [5.74, 6) is 1.60. The molecule has 1 atom stereocenters. The van der Waals surface area contributed by atoms with Gasteiger partial charge in [0.15, 0.2) is 0 Å². The Morgan fingerprint density at radius 3 is 2.46 bits per heavy atom. The first-order chi connectivity index (χ1) is 17.1. The second kappa shape index (κ2) is 10.4. The Balaban J connectivity index is 1.06. The number of phenols is 1. The predicted molar refractivity (Wildman–Crippen MR) is 138 cm³/mol. The monoisotopic (exact) mass is 475 g/mol. The van der Waals surface area contributed by atoms with Crippen LogP contribution in [0.1, 0.15) is 30.4 Å². The SMILES string of the molecule is COc1cccc(O)c1CN1CCC2(CC1)C[C@H]2C(=O)N1CCN(C/C=C/c2ccccc2)CC1. The third-order valence-electron chi connectivity index (χ3n) is 8.21. The first-order valence-corrected chi connectivity index (χ1v) is 12.9. The number of ether oxygens (including phenoxy) is 1. The van der Waals surface area contributed by atoms with Crippen LogP contribution in [0.4, 0.5) is 0 Å². The van der Waals surface area contributed by atoms with Crippen molar-refractivity contribution in [3.05, 3.63) is 65.7 Å². The highest BCUT2D eigenvalue weighted by Crippen LogP contribution is 2.60. The van der Waals surface area contributed by atoms with Crippen LogP contribution in [-0.2, 0) is 11.3 Å². The van der Waals surface area contributed by atoms with Crippen LogP contribution in [0.25, 0.3) is 6.08 Å². The molecule has 0 aromatic heterocycles. The van der Waals surface area contributed by atoms with E-state index in [-0.39, 0.29) is 11.3 Å². The van der Waals surface area contributed by atoms with E-state index in [1.54, 1.807) is 13.2 Å². The highest BCUT2D eigenvalue weighted by molar-refractivity contribution is 5.83. The molecule has 1 aliphatic carbocycles. The summed E-state index contributed by atoms with van der Waals surface area (Å²) in [6.45, 7) is 7.10. The second-order valence-electron chi connectivity index (χ2n) is 10.3. The summed E-state index contributed by atoms with van der Waals surface area (Å²) in [5.41, 5.74) is 2.28. The van der Waals surface area contributed by atoms with Crippen molar-refractivity contribution in [2.24, 2.45) is 11.3 Å². The Morgan fingerprint density at radius 1 is 1.00 bits per heavy atom. The quantitative estimate of drug-likeness (QED) is 0.659. The summed E-state index contributed by atoms with van der Waals surface area (Å²) < 4.78 is 5.44. The van der Waals surface area contributed by atoms with Gasteiger partial charge in [-0.3, -0.25) is 14.6 Å². The van der Waals surface area contributed by atoms with E-state index in [0.717, 1.165) is 76.4 Å². The number of piperazine rings is 1. The molecule has 2 aromatic rings. The molecule has 2 saturated heterocycles. The van der Waals surface area contributed by atoms with Gasteiger partial charge in [-0.25, -0.2) is 0 Å². The van der Waals surface area contributed by atoms with Gasteiger partial charge in [0.1, 0.15) is 11.5 Å². The topological polar surface area (TPSA) is 56.3 Å². The van der Waals surface area contributed by atoms with E-state index in [1.165, 1.54) is 5.56 Å². The van der Waals surface area contributed by atoms with Gasteiger partial charge in [-0.1, -0.05) is 48.6 Å². The van der Waals surface area contributed by atoms with Crippen molar-refractivity contribution in [2.45, 2.75) is 25.8 Å². The number of methoxy groups -OCH3 is 1. The van der Waals surface area contributed by atoms with E-state index in [9.17, 15) is 9.90 Å². The zero-order valence-corrected chi connectivity index (χ0v) is 20.7. The Hall–Kier alpha value is -2.83. The third-order valence-corrected chi connectivity index (χ3v) is 8.21. The maximum atomic E-state index is 13.3. The Kier molecular flexibility index (Phi) is 7.12. The van der Waals surface area contributed by atoms with Crippen molar-refractivity contribution in [1.82, 2.24) is 14.7 Å². The minimum Gasteiger partial charge on any atom is -0.507 e. The summed E-state index contributed by atoms with van der Waals surface area (Å²) in [5, 5.41) is 10.3. The molecular formula is C29H37N3O3. The molecule has 2 heterocycles. The van der Waals surface area contributed by atoms with Crippen LogP contribution >= 0.6 is 0 Å². The van der Waals surface area contributed by atoms with Gasteiger partial charge in [0.2, 0.25) is 5.91 Å². The van der Waals surface area contributed by atoms with Crippen LogP contribution in [0.3, 0.4) is 0 Å². The average molecular weight is 476 g/mol. The molecule has 0 unspecified atom stereocenters. The van der Waals surface area contributed by atoms with Gasteiger partial charge in [0.25, 0.3) is 0 Å². The van der Waals surface area contributed by atoms with Gasteiger partial charge >= 0.3 is 0 Å². The van der Waals surface area contributed by atoms with Crippen LogP contribution in [0.2, 0.25) is 0 Å². The molecular weight excluding hydrogens is 438 g/mol. The smallest absolute Gasteiger partial charge is 0.226 e. The van der Waals surface area contributed by atoms with E-state index in [2.05, 4.69) is 51.1 Å². The summed E-state index contributed by atoms with van der Waals surface area (Å²) in [6, 6.07) is 15.8. The van der Waals surface area contributed by atoms with E-state index in [0.29, 0.717) is 18.2 Å². The normalized spacial score (nSPS) is 22.5. The highest BCUT2D eigenvalue weighted by Gasteiger charge is 2.59. The Bertz CT molecular complexity index is 1040. The molecule has 1 spiro atoms. The number of nitrogens with zero attached hydrogens (tertiary/aromatic N) is 3. The average Bonchev–Trinajstić information content (AvgIpc) is 3.60. The number of phenolic OH excluding ortho intramolecular Hbond substituents is 1. The van der Waals surface area contributed by atoms with E-state index in [4.69, 9.17) is 4.74 Å². The number of hydrogen-bond donors (Lipinski definition) is 1. The molecule has 1 amide bonds. The van der Waals surface area contributed by atoms with Crippen LogP contribution in [-0.4, -0.2) is 78.6 Å². The standard InChI is InChI=1S/C29H37N3O3/c1-35-27-11-5-10-26(33)24(27)22-31-15-12-29(13-16-31)21-25(29)28(34)32-19-17-30(18-20-32)14-6-9-23-7-3-2-4-8-23/h2-11,25,33H,12-22H2,1H3/b9-6+/t25-/m0/s1. The number of aromatic hydroxyl groups is 1. The van der Waals surface area contributed by atoms with E-state index >= 15 is 0 Å². The van der Waals surface area contributed by atoms with Crippen molar-refractivity contribution in [1.29, 1.82) is 0 Å². The molecule has 3 aliphatic rings. The van der Waals surface area contributed by atoms with Crippen LogP contribution in [0, 0.1) is 11.3 Å². The lowest BCUT2D eigenvalue weighted by Crippen LogP contribution is -2.49. The number of rotatable bonds is 7. The van der Waals surface area contributed by atoms with Gasteiger partial charge in [0, 0.05) is 50.7 Å². The van der Waals surface area contributed by atoms with Gasteiger partial charge in [-0.05, 0) is 55.5 Å². The fourth-order valence-electron chi connectivity index (χ4n) is 5.81. The summed E-state index contributed by atoms with van der Waals surface area (Å²) >= 11 is 0. The fourth-order valence-corrected chi connectivity index (χ4v) is 5.81. The van der Waals surface area contributed by atoms with Crippen LogP contribution < -0.4 is 4.74 Å². The number of piperidine rings is 1. The summed E-state index contributed by atoms with van der Waals surface area (Å²) in [7, 11) is 1.64. The van der Waals surface area contributed by atoms with Crippen LogP contribution in [0.15, 0.2) is 54.6 Å². The van der Waals surface area contributed by atoms with Gasteiger partial charge in [-0.2, -0.15) is 0 Å². The van der Waals surface area contributed by atoms with Crippen molar-refractivity contribution in [3.8, 4) is 11.5 Å². The highest BCUT2D eigenvalue weighted by atomic mass is 16.5. The Labute approximate surface area is 208 Å². The molecule has 6 nitrogen and oxygen atoms in total. The first kappa shape index (κ1) is 23.9. The van der Waals surface area contributed by atoms with Gasteiger partial charge < -0.3 is 14.7 Å². The molecule has 0 radical (unpaired) electrons. The van der Waals surface area contributed by atoms with E-state index in [1.807, 2.05) is 18.2 Å². The lowest BCUT2D eigenvalue weighted by atomic mass is 9.90. The third kappa shape index (κ3) is 5.39. The molecule has 6 heteroatoms. The Morgan fingerprint density at radius 2 is 1.74 bits per heavy atom. The minimum absolute atomic E-state index is 0.200. The maximum Gasteiger partial charge on any atom is 0.226 e. The van der Waals surface area contributed by atoms with E-state index < -0.39 is 0 Å². The van der Waals surface area contributed by atoms with Crippen molar-refractivity contribution < 1.29 is 14.6 Å². The van der Waals surface area contributed by atoms with Gasteiger partial charge in [0.05, 0.1) is 7.11 Å². The molecule has 1 saturated carbocycles. The largest absolute Gasteiger partial charge is 0.507 e. The molecule has 2 aliphatic heterocycles. The van der Waals surface area contributed by atoms with Crippen LogP contribution in [0.5, 0.6) is 11.5 Å². The minimum atomic E-state index is 0.200. The lowest BCUT2D eigenvalue weighted by Gasteiger charge is -2.36.